The van der Waals surface area contributed by atoms with Crippen molar-refractivity contribution in [2.45, 2.75) is 31.4 Å². The van der Waals surface area contributed by atoms with Crippen molar-refractivity contribution in [3.05, 3.63) is 46.7 Å². The lowest BCUT2D eigenvalue weighted by molar-refractivity contribution is -0.150. The summed E-state index contributed by atoms with van der Waals surface area (Å²) >= 11 is 1.52. The van der Waals surface area contributed by atoms with Crippen LogP contribution >= 0.6 is 11.8 Å². The number of fused-ring (bicyclic) bond motifs is 1. The molecule has 1 saturated heterocycles. The molecule has 0 spiro atoms. The summed E-state index contributed by atoms with van der Waals surface area (Å²) in [4.78, 5) is 48.4. The summed E-state index contributed by atoms with van der Waals surface area (Å²) in [6.07, 6.45) is 0.365. The van der Waals surface area contributed by atoms with Crippen LogP contribution in [0.2, 0.25) is 0 Å². The first-order chi connectivity index (χ1) is 13.8. The zero-order chi connectivity index (χ0) is 21.1. The summed E-state index contributed by atoms with van der Waals surface area (Å²) in [5.74, 6) is -1.45. The van der Waals surface area contributed by atoms with E-state index in [1.54, 1.807) is 24.3 Å². The predicted octanol–water partition coefficient (Wildman–Crippen LogP) is 0.337. The smallest absolute Gasteiger partial charge is 0.355 e. The lowest BCUT2D eigenvalue weighted by Crippen LogP contribution is -2.54. The van der Waals surface area contributed by atoms with Crippen molar-refractivity contribution in [3.8, 4) is 0 Å². The summed E-state index contributed by atoms with van der Waals surface area (Å²) in [5.41, 5.74) is 12.8. The number of thioether (sulfide) groups is 1. The molecule has 2 atom stereocenters. The third-order valence-electron chi connectivity index (χ3n) is 4.59. The molecule has 0 saturated carbocycles. The van der Waals surface area contributed by atoms with Gasteiger partial charge in [0.1, 0.15) is 25.0 Å². The highest BCUT2D eigenvalue weighted by atomic mass is 32.2. The van der Waals surface area contributed by atoms with Gasteiger partial charge in [0, 0.05) is 18.2 Å². The lowest BCUT2D eigenvalue weighted by atomic mass is 10.1. The number of carbonyl (C=O) groups excluding carboxylic acids is 4. The minimum atomic E-state index is -0.908. The van der Waals surface area contributed by atoms with Crippen molar-refractivity contribution >= 4 is 35.5 Å². The molecule has 9 nitrogen and oxygen atoms in total. The molecule has 1 aromatic rings. The van der Waals surface area contributed by atoms with E-state index in [-0.39, 0.29) is 30.2 Å². The van der Waals surface area contributed by atoms with E-state index < -0.39 is 23.9 Å². The number of carbonyl (C=O) groups is 4. The van der Waals surface area contributed by atoms with Crippen molar-refractivity contribution in [2.75, 3.05) is 12.4 Å². The fourth-order valence-corrected chi connectivity index (χ4v) is 4.22. The molecular formula is C19H21N3O6S. The van der Waals surface area contributed by atoms with E-state index in [1.165, 1.54) is 23.6 Å². The Balaban J connectivity index is 1.70. The topological polar surface area (TPSA) is 142 Å². The molecular weight excluding hydrogens is 398 g/mol. The van der Waals surface area contributed by atoms with Gasteiger partial charge in [0.05, 0.1) is 11.8 Å². The molecule has 29 heavy (non-hydrogen) atoms. The minimum absolute atomic E-state index is 0.0326. The molecule has 2 aliphatic heterocycles. The number of benzene rings is 1. The number of rotatable bonds is 7. The van der Waals surface area contributed by atoms with Gasteiger partial charge in [-0.15, -0.1) is 11.8 Å². The number of nitrogens with zero attached hydrogens (tertiary/aromatic N) is 1. The van der Waals surface area contributed by atoms with Gasteiger partial charge in [-0.25, -0.2) is 4.79 Å². The maximum atomic E-state index is 12.7. The number of hydrogen-bond donors (Lipinski definition) is 2. The maximum absolute atomic E-state index is 12.7. The molecule has 1 aromatic carbocycles. The first-order valence-electron chi connectivity index (χ1n) is 8.88. The molecule has 0 aliphatic carbocycles. The van der Waals surface area contributed by atoms with Crippen molar-refractivity contribution in [3.63, 3.8) is 0 Å². The van der Waals surface area contributed by atoms with Crippen LogP contribution < -0.4 is 11.5 Å². The molecule has 2 aliphatic rings. The molecule has 3 rings (SSSR count). The number of β-lactam (4-membered cyclic amide) rings is 1. The van der Waals surface area contributed by atoms with Gasteiger partial charge in [-0.05, 0) is 11.1 Å². The predicted molar refractivity (Wildman–Crippen MR) is 104 cm³/mol. The van der Waals surface area contributed by atoms with E-state index in [0.717, 1.165) is 0 Å². The Labute approximate surface area is 171 Å². The van der Waals surface area contributed by atoms with E-state index in [0.29, 0.717) is 28.9 Å². The first kappa shape index (κ1) is 20.9. The molecule has 1 fully saturated rings. The number of primary amides is 1. The fourth-order valence-electron chi connectivity index (χ4n) is 2.97. The SMILES string of the molecule is CC(=O)OCC1=C(C(=O)OCc2ccc(C(N)C(N)=O)cc2)N2C(=O)C[C@H]2SC1. The number of hydrogen-bond acceptors (Lipinski definition) is 8. The van der Waals surface area contributed by atoms with Crippen LogP contribution in [0.1, 0.15) is 30.5 Å². The fraction of sp³-hybridized carbons (Fsp3) is 0.368. The largest absolute Gasteiger partial charge is 0.461 e. The van der Waals surface area contributed by atoms with Gasteiger partial charge in [-0.1, -0.05) is 24.3 Å². The van der Waals surface area contributed by atoms with Gasteiger partial charge >= 0.3 is 11.9 Å². The Bertz CT molecular complexity index is 882. The molecule has 0 radical (unpaired) electrons. The average molecular weight is 419 g/mol. The minimum Gasteiger partial charge on any atom is -0.461 e. The summed E-state index contributed by atoms with van der Waals surface area (Å²) in [7, 11) is 0. The van der Waals surface area contributed by atoms with Crippen LogP contribution in [0.25, 0.3) is 0 Å². The lowest BCUT2D eigenvalue weighted by Gasteiger charge is -2.44. The first-order valence-corrected chi connectivity index (χ1v) is 9.92. The van der Waals surface area contributed by atoms with Crippen LogP contribution in [-0.2, 0) is 35.3 Å². The molecule has 2 heterocycles. The van der Waals surface area contributed by atoms with Gasteiger partial charge in [0.15, 0.2) is 0 Å². The summed E-state index contributed by atoms with van der Waals surface area (Å²) in [6.45, 7) is 1.18. The van der Waals surface area contributed by atoms with E-state index >= 15 is 0 Å². The second kappa shape index (κ2) is 8.66. The zero-order valence-corrected chi connectivity index (χ0v) is 16.6. The van der Waals surface area contributed by atoms with Crippen LogP contribution in [0, 0.1) is 0 Å². The Hall–Kier alpha value is -2.85. The van der Waals surface area contributed by atoms with Crippen LogP contribution in [0.15, 0.2) is 35.5 Å². The van der Waals surface area contributed by atoms with E-state index in [9.17, 15) is 19.2 Å². The Morgan fingerprint density at radius 3 is 2.48 bits per heavy atom. The molecule has 10 heteroatoms. The van der Waals surface area contributed by atoms with Crippen LogP contribution in [0.3, 0.4) is 0 Å². The third kappa shape index (κ3) is 4.60. The van der Waals surface area contributed by atoms with Gasteiger partial charge < -0.3 is 20.9 Å². The van der Waals surface area contributed by atoms with Crippen molar-refractivity contribution < 1.29 is 28.7 Å². The highest BCUT2D eigenvalue weighted by molar-refractivity contribution is 8.00. The highest BCUT2D eigenvalue weighted by Crippen LogP contribution is 2.40. The monoisotopic (exact) mass is 419 g/mol. The van der Waals surface area contributed by atoms with Crippen LogP contribution in [0.5, 0.6) is 0 Å². The molecule has 4 N–H and O–H groups in total. The van der Waals surface area contributed by atoms with Gasteiger partial charge in [0.2, 0.25) is 11.8 Å². The summed E-state index contributed by atoms with van der Waals surface area (Å²) in [5, 5.41) is -0.0966. The van der Waals surface area contributed by atoms with E-state index in [2.05, 4.69) is 0 Å². The average Bonchev–Trinajstić information content (AvgIpc) is 2.69. The molecule has 1 unspecified atom stereocenters. The molecule has 154 valence electrons. The number of nitrogens with two attached hydrogens (primary N) is 2. The quantitative estimate of drug-likeness (QED) is 0.476. The number of amides is 2. The summed E-state index contributed by atoms with van der Waals surface area (Å²) < 4.78 is 10.4. The Morgan fingerprint density at radius 1 is 1.21 bits per heavy atom. The second-order valence-corrected chi connectivity index (χ2v) is 7.83. The highest BCUT2D eigenvalue weighted by Gasteiger charge is 2.45. The standard InChI is InChI=1S/C19H21N3O6S/c1-10(23)27-8-13-9-29-15-6-14(24)22(15)17(13)19(26)28-7-11-2-4-12(5-3-11)16(20)18(21)25/h2-5,15-16H,6-9,20H2,1H3,(H2,21,25)/t15-,16?/m1/s1. The van der Waals surface area contributed by atoms with Crippen LogP contribution in [-0.4, -0.2) is 46.4 Å². The van der Waals surface area contributed by atoms with Gasteiger partial charge in [-0.2, -0.15) is 0 Å². The Kier molecular flexibility index (Phi) is 6.23. The maximum Gasteiger partial charge on any atom is 0.355 e. The normalized spacial score (nSPS) is 19.2. The van der Waals surface area contributed by atoms with Gasteiger partial charge in [-0.3, -0.25) is 19.3 Å². The van der Waals surface area contributed by atoms with Crippen molar-refractivity contribution in [1.82, 2.24) is 4.90 Å². The molecule has 0 aromatic heterocycles. The van der Waals surface area contributed by atoms with Gasteiger partial charge in [0.25, 0.3) is 0 Å². The second-order valence-electron chi connectivity index (χ2n) is 6.66. The molecule has 2 amide bonds. The number of ether oxygens (including phenoxy) is 2. The van der Waals surface area contributed by atoms with Crippen molar-refractivity contribution in [1.29, 1.82) is 0 Å². The van der Waals surface area contributed by atoms with Crippen molar-refractivity contribution in [2.24, 2.45) is 11.5 Å². The Morgan fingerprint density at radius 2 is 1.90 bits per heavy atom. The zero-order valence-electron chi connectivity index (χ0n) is 15.8. The molecule has 0 bridgehead atoms. The van der Waals surface area contributed by atoms with E-state index in [1.807, 2.05) is 0 Å². The van der Waals surface area contributed by atoms with E-state index in [4.69, 9.17) is 20.9 Å². The third-order valence-corrected chi connectivity index (χ3v) is 5.87. The number of esters is 2. The summed E-state index contributed by atoms with van der Waals surface area (Å²) in [6, 6.07) is 5.71. The van der Waals surface area contributed by atoms with Crippen LogP contribution in [0.4, 0.5) is 0 Å².